The molecule has 2 rings (SSSR count). The van der Waals surface area contributed by atoms with Gasteiger partial charge >= 0.3 is 0 Å². The van der Waals surface area contributed by atoms with E-state index in [4.69, 9.17) is 5.73 Å². The number of halogens is 1. The summed E-state index contributed by atoms with van der Waals surface area (Å²) in [5, 5.41) is 2.88. The highest BCUT2D eigenvalue weighted by atomic mass is 32.2. The standard InChI is InChI=1S/C16H21FN2OS/c17-14-10-13(18)6-7-15(14)21-11-16(20)19-9-8-12-4-2-1-3-5-12/h4,6-7,10H,1-3,5,8-9,11,18H2,(H,19,20). The van der Waals surface area contributed by atoms with Gasteiger partial charge in [0.2, 0.25) is 5.91 Å². The molecule has 0 aliphatic heterocycles. The van der Waals surface area contributed by atoms with Crippen molar-refractivity contribution in [3.05, 3.63) is 35.7 Å². The highest BCUT2D eigenvalue weighted by Crippen LogP contribution is 2.23. The molecule has 5 heteroatoms. The van der Waals surface area contributed by atoms with E-state index in [0.29, 0.717) is 17.1 Å². The van der Waals surface area contributed by atoms with Gasteiger partial charge in [-0.15, -0.1) is 11.8 Å². The van der Waals surface area contributed by atoms with Gasteiger partial charge in [-0.1, -0.05) is 11.6 Å². The number of anilines is 1. The minimum atomic E-state index is -0.375. The van der Waals surface area contributed by atoms with Gasteiger partial charge in [-0.05, 0) is 50.3 Å². The second-order valence-electron chi connectivity index (χ2n) is 5.19. The van der Waals surface area contributed by atoms with Crippen molar-refractivity contribution in [2.45, 2.75) is 37.0 Å². The number of carbonyl (C=O) groups excluding carboxylic acids is 1. The average Bonchev–Trinajstić information content (AvgIpc) is 2.47. The number of benzene rings is 1. The number of amides is 1. The normalized spacial score (nSPS) is 14.6. The van der Waals surface area contributed by atoms with Gasteiger partial charge in [-0.25, -0.2) is 4.39 Å². The van der Waals surface area contributed by atoms with Crippen molar-refractivity contribution in [3.8, 4) is 0 Å². The van der Waals surface area contributed by atoms with Crippen molar-refractivity contribution in [3.63, 3.8) is 0 Å². The third kappa shape index (κ3) is 5.42. The molecule has 3 N–H and O–H groups in total. The van der Waals surface area contributed by atoms with Gasteiger partial charge in [0.15, 0.2) is 0 Å². The van der Waals surface area contributed by atoms with Crippen molar-refractivity contribution >= 4 is 23.4 Å². The third-order valence-electron chi connectivity index (χ3n) is 3.47. The van der Waals surface area contributed by atoms with Gasteiger partial charge in [0.25, 0.3) is 0 Å². The fraction of sp³-hybridized carbons (Fsp3) is 0.438. The second-order valence-corrected chi connectivity index (χ2v) is 6.20. The maximum atomic E-state index is 13.6. The van der Waals surface area contributed by atoms with Crippen molar-refractivity contribution in [2.24, 2.45) is 0 Å². The van der Waals surface area contributed by atoms with Crippen LogP contribution in [-0.4, -0.2) is 18.2 Å². The maximum Gasteiger partial charge on any atom is 0.230 e. The van der Waals surface area contributed by atoms with Crippen LogP contribution in [0, 0.1) is 5.82 Å². The third-order valence-corrected chi connectivity index (χ3v) is 4.52. The molecule has 0 heterocycles. The Morgan fingerprint density at radius 2 is 2.24 bits per heavy atom. The minimum absolute atomic E-state index is 0.0624. The first-order chi connectivity index (χ1) is 10.1. The molecule has 1 aliphatic carbocycles. The highest BCUT2D eigenvalue weighted by Gasteiger charge is 2.08. The van der Waals surface area contributed by atoms with Crippen LogP contribution in [0.3, 0.4) is 0 Å². The molecule has 1 aromatic carbocycles. The fourth-order valence-corrected chi connectivity index (χ4v) is 3.07. The van der Waals surface area contributed by atoms with Crippen LogP contribution in [0.15, 0.2) is 34.7 Å². The van der Waals surface area contributed by atoms with Crippen molar-refractivity contribution in [2.75, 3.05) is 18.0 Å². The van der Waals surface area contributed by atoms with Gasteiger partial charge in [0.05, 0.1) is 5.75 Å². The van der Waals surface area contributed by atoms with E-state index in [1.807, 2.05) is 0 Å². The van der Waals surface area contributed by atoms with Crippen molar-refractivity contribution < 1.29 is 9.18 Å². The van der Waals surface area contributed by atoms with Crippen LogP contribution < -0.4 is 11.1 Å². The molecule has 0 aromatic heterocycles. The van der Waals surface area contributed by atoms with E-state index in [9.17, 15) is 9.18 Å². The number of allylic oxidation sites excluding steroid dienone is 1. The zero-order valence-corrected chi connectivity index (χ0v) is 12.8. The maximum absolute atomic E-state index is 13.6. The lowest BCUT2D eigenvalue weighted by atomic mass is 9.97. The van der Waals surface area contributed by atoms with Crippen LogP contribution in [0.5, 0.6) is 0 Å². The Balaban J connectivity index is 1.68. The van der Waals surface area contributed by atoms with E-state index < -0.39 is 0 Å². The van der Waals surface area contributed by atoms with Gasteiger partial charge in [-0.3, -0.25) is 4.79 Å². The van der Waals surface area contributed by atoms with E-state index in [-0.39, 0.29) is 17.5 Å². The number of thioether (sulfide) groups is 1. The average molecular weight is 308 g/mol. The number of carbonyl (C=O) groups is 1. The number of nitrogen functional groups attached to an aromatic ring is 1. The van der Waals surface area contributed by atoms with E-state index in [2.05, 4.69) is 11.4 Å². The molecule has 0 atom stereocenters. The number of nitrogens with one attached hydrogen (secondary N) is 1. The molecule has 3 nitrogen and oxygen atoms in total. The van der Waals surface area contributed by atoms with E-state index in [0.717, 1.165) is 19.3 Å². The minimum Gasteiger partial charge on any atom is -0.399 e. The molecular weight excluding hydrogens is 287 g/mol. The molecule has 0 saturated carbocycles. The summed E-state index contributed by atoms with van der Waals surface area (Å²) in [4.78, 5) is 12.2. The lowest BCUT2D eigenvalue weighted by Gasteiger charge is -2.12. The summed E-state index contributed by atoms with van der Waals surface area (Å²) in [6, 6.07) is 4.52. The second kappa shape index (κ2) is 8.08. The number of nitrogens with two attached hydrogens (primary N) is 1. The largest absolute Gasteiger partial charge is 0.399 e. The Morgan fingerprint density at radius 1 is 1.38 bits per heavy atom. The van der Waals surface area contributed by atoms with Gasteiger partial charge < -0.3 is 11.1 Å². The van der Waals surface area contributed by atoms with E-state index in [1.165, 1.54) is 36.2 Å². The molecular formula is C16H21FN2OS. The molecule has 0 unspecified atom stereocenters. The first kappa shape index (κ1) is 15.9. The number of hydrogen-bond acceptors (Lipinski definition) is 3. The first-order valence-corrected chi connectivity index (χ1v) is 8.26. The Labute approximate surface area is 129 Å². The van der Waals surface area contributed by atoms with Crippen LogP contribution in [-0.2, 0) is 4.79 Å². The van der Waals surface area contributed by atoms with Gasteiger partial charge in [0.1, 0.15) is 5.82 Å². The summed E-state index contributed by atoms with van der Waals surface area (Å²) in [6.45, 7) is 0.662. The lowest BCUT2D eigenvalue weighted by Crippen LogP contribution is -2.26. The summed E-state index contributed by atoms with van der Waals surface area (Å²) in [5.41, 5.74) is 7.32. The summed E-state index contributed by atoms with van der Waals surface area (Å²) >= 11 is 1.19. The van der Waals surface area contributed by atoms with Crippen LogP contribution in [0.25, 0.3) is 0 Å². The van der Waals surface area contributed by atoms with E-state index in [1.54, 1.807) is 12.1 Å². The van der Waals surface area contributed by atoms with E-state index >= 15 is 0 Å². The summed E-state index contributed by atoms with van der Waals surface area (Å²) in [5.74, 6) is -0.215. The first-order valence-electron chi connectivity index (χ1n) is 7.27. The van der Waals surface area contributed by atoms with Crippen LogP contribution in [0.2, 0.25) is 0 Å². The molecule has 0 radical (unpaired) electrons. The van der Waals surface area contributed by atoms with Gasteiger partial charge in [-0.2, -0.15) is 0 Å². The molecule has 0 bridgehead atoms. The quantitative estimate of drug-likeness (QED) is 0.480. The Kier molecular flexibility index (Phi) is 6.11. The van der Waals surface area contributed by atoms with Crippen LogP contribution in [0.4, 0.5) is 10.1 Å². The molecule has 1 aliphatic rings. The topological polar surface area (TPSA) is 55.1 Å². The molecule has 0 fully saturated rings. The van der Waals surface area contributed by atoms with Crippen LogP contribution in [0.1, 0.15) is 32.1 Å². The molecule has 1 aromatic rings. The molecule has 0 spiro atoms. The fourth-order valence-electron chi connectivity index (χ4n) is 2.32. The zero-order valence-electron chi connectivity index (χ0n) is 12.0. The Bertz CT molecular complexity index is 531. The Hall–Kier alpha value is -1.49. The number of rotatable bonds is 6. The van der Waals surface area contributed by atoms with Gasteiger partial charge in [0, 0.05) is 17.1 Å². The molecule has 114 valence electrons. The predicted octanol–water partition coefficient (Wildman–Crippen LogP) is 3.51. The molecule has 21 heavy (non-hydrogen) atoms. The molecule has 1 amide bonds. The molecule has 0 saturated heterocycles. The zero-order chi connectivity index (χ0) is 15.1. The lowest BCUT2D eigenvalue weighted by molar-refractivity contribution is -0.118. The summed E-state index contributed by atoms with van der Waals surface area (Å²) in [7, 11) is 0. The SMILES string of the molecule is Nc1ccc(SCC(=O)NCCC2=CCCCC2)c(F)c1. The monoisotopic (exact) mass is 308 g/mol. The smallest absolute Gasteiger partial charge is 0.230 e. The Morgan fingerprint density at radius 3 is 2.95 bits per heavy atom. The highest BCUT2D eigenvalue weighted by molar-refractivity contribution is 8.00. The van der Waals surface area contributed by atoms with Crippen LogP contribution >= 0.6 is 11.8 Å². The number of hydrogen-bond donors (Lipinski definition) is 2. The predicted molar refractivity (Wildman–Crippen MR) is 85.7 cm³/mol. The summed E-state index contributed by atoms with van der Waals surface area (Å²) < 4.78 is 13.6. The summed E-state index contributed by atoms with van der Waals surface area (Å²) in [6.07, 6.45) is 8.06. The van der Waals surface area contributed by atoms with Crippen molar-refractivity contribution in [1.82, 2.24) is 5.32 Å². The van der Waals surface area contributed by atoms with Crippen molar-refractivity contribution in [1.29, 1.82) is 0 Å².